The van der Waals surface area contributed by atoms with Gasteiger partial charge < -0.3 is 28.7 Å². The Labute approximate surface area is 314 Å². The minimum absolute atomic E-state index is 0.0225. The van der Waals surface area contributed by atoms with Crippen LogP contribution in [0.1, 0.15) is 86.7 Å². The molecule has 2 atom stereocenters. The van der Waals surface area contributed by atoms with Crippen molar-refractivity contribution in [1.82, 2.24) is 19.8 Å². The zero-order chi connectivity index (χ0) is 39.9. The van der Waals surface area contributed by atoms with E-state index in [-0.39, 0.29) is 36.0 Å². The Bertz CT molecular complexity index is 1710. The Morgan fingerprint density at radius 1 is 0.962 bits per heavy atom. The monoisotopic (exact) mass is 756 g/mol. The van der Waals surface area contributed by atoms with Crippen molar-refractivity contribution in [2.24, 2.45) is 11.3 Å². The van der Waals surface area contributed by atoms with Gasteiger partial charge in [-0.3, -0.25) is 9.59 Å². The molecule has 3 rings (SSSR count). The van der Waals surface area contributed by atoms with E-state index in [0.717, 1.165) is 23.8 Å². The van der Waals surface area contributed by atoms with Crippen LogP contribution in [0.25, 0.3) is 11.3 Å². The molecular formula is C40H58F2N4O6Si. The third-order valence-electron chi connectivity index (χ3n) is 9.18. The van der Waals surface area contributed by atoms with E-state index in [1.165, 1.54) is 6.92 Å². The number of carbonyl (C=O) groups is 3. The van der Waals surface area contributed by atoms with Gasteiger partial charge in [-0.05, 0) is 68.1 Å². The molecule has 0 aliphatic carbocycles. The summed E-state index contributed by atoms with van der Waals surface area (Å²) >= 11 is 0. The molecule has 0 fully saturated rings. The average molecular weight is 757 g/mol. The first-order chi connectivity index (χ1) is 24.4. The minimum Gasteiger partial charge on any atom is -0.456 e. The van der Waals surface area contributed by atoms with Gasteiger partial charge in [0.25, 0.3) is 5.91 Å². The summed E-state index contributed by atoms with van der Waals surface area (Å²) < 4.78 is 49.0. The summed E-state index contributed by atoms with van der Waals surface area (Å²) in [5.41, 5.74) is -0.336. The van der Waals surface area contributed by atoms with Crippen LogP contribution in [0.15, 0.2) is 54.7 Å². The van der Waals surface area contributed by atoms with Crippen molar-refractivity contribution in [1.29, 1.82) is 0 Å². The van der Waals surface area contributed by atoms with E-state index in [9.17, 15) is 18.8 Å². The number of amides is 2. The maximum absolute atomic E-state index is 15.2. The fourth-order valence-electron chi connectivity index (χ4n) is 5.51. The van der Waals surface area contributed by atoms with Crippen LogP contribution in [0.4, 0.5) is 13.6 Å². The number of aromatic nitrogens is 2. The van der Waals surface area contributed by atoms with Crippen LogP contribution in [0.5, 0.6) is 0 Å². The SMILES string of the molecule is CC(=O)OCC(=O)N(CC(CNC(=O)OC(C)(C)C)CO[Si](C)(C)C(C)(C)C)[C@@H](c1nc(-c2cc(F)ccc2F)cn1Cc1ccccc1)C(C)(C)C. The summed E-state index contributed by atoms with van der Waals surface area (Å²) in [6.07, 6.45) is 1.05. The molecule has 0 saturated carbocycles. The van der Waals surface area contributed by atoms with Crippen LogP contribution < -0.4 is 5.32 Å². The maximum atomic E-state index is 15.2. The van der Waals surface area contributed by atoms with Gasteiger partial charge in [0.15, 0.2) is 14.9 Å². The van der Waals surface area contributed by atoms with Crippen molar-refractivity contribution in [3.63, 3.8) is 0 Å². The van der Waals surface area contributed by atoms with Crippen LogP contribution in [0.2, 0.25) is 18.1 Å². The Kier molecular flexibility index (Phi) is 14.2. The molecule has 0 aliphatic heterocycles. The fraction of sp³-hybridized carbons (Fsp3) is 0.550. The van der Waals surface area contributed by atoms with E-state index in [1.807, 2.05) is 55.7 Å². The van der Waals surface area contributed by atoms with Gasteiger partial charge in [0.05, 0.1) is 11.7 Å². The lowest BCUT2D eigenvalue weighted by atomic mass is 9.84. The molecular weight excluding hydrogens is 699 g/mol. The topological polar surface area (TPSA) is 112 Å². The molecule has 13 heteroatoms. The molecule has 1 aromatic heterocycles. The lowest BCUT2D eigenvalue weighted by Crippen LogP contribution is -2.50. The van der Waals surface area contributed by atoms with Gasteiger partial charge >= 0.3 is 12.1 Å². The second kappa shape index (κ2) is 17.4. The highest BCUT2D eigenvalue weighted by atomic mass is 28.4. The van der Waals surface area contributed by atoms with Crippen molar-refractivity contribution in [3.05, 3.63) is 77.8 Å². The molecule has 1 unspecified atom stereocenters. The molecule has 2 aromatic carbocycles. The van der Waals surface area contributed by atoms with Gasteiger partial charge in [0.2, 0.25) is 0 Å². The maximum Gasteiger partial charge on any atom is 0.407 e. The van der Waals surface area contributed by atoms with Gasteiger partial charge in [-0.2, -0.15) is 0 Å². The van der Waals surface area contributed by atoms with Crippen LogP contribution in [-0.4, -0.2) is 72.6 Å². The van der Waals surface area contributed by atoms with E-state index in [4.69, 9.17) is 18.9 Å². The van der Waals surface area contributed by atoms with Crippen molar-refractivity contribution in [3.8, 4) is 11.3 Å². The molecule has 10 nitrogen and oxygen atoms in total. The van der Waals surface area contributed by atoms with Gasteiger partial charge in [-0.25, -0.2) is 18.6 Å². The van der Waals surface area contributed by atoms with Gasteiger partial charge in [-0.1, -0.05) is 71.9 Å². The molecule has 2 amide bonds. The first-order valence-corrected chi connectivity index (χ1v) is 20.9. The standard InChI is InChI=1S/C40H58F2N4O6Si/c1-27(47)50-26-34(48)46(23-29(21-43-37(49)52-39(5,6)7)25-51-53(11,12)40(8,9)10)35(38(2,3)4)36-44-33(31-20-30(41)18-19-32(31)42)24-45(36)22-28-16-14-13-15-17-28/h13-20,24,29,35H,21-23,25-26H2,1-12H3,(H,43,49)/t29?,35-/m0/s1. The lowest BCUT2D eigenvalue weighted by molar-refractivity contribution is -0.153. The van der Waals surface area contributed by atoms with E-state index in [1.54, 1.807) is 31.9 Å². The van der Waals surface area contributed by atoms with Crippen LogP contribution in [0, 0.1) is 23.0 Å². The summed E-state index contributed by atoms with van der Waals surface area (Å²) in [7, 11) is -2.29. The number of hydrogen-bond donors (Lipinski definition) is 1. The number of carbonyl (C=O) groups excluding carboxylic acids is 3. The summed E-state index contributed by atoms with van der Waals surface area (Å²) in [4.78, 5) is 45.7. The average Bonchev–Trinajstić information content (AvgIpc) is 3.42. The summed E-state index contributed by atoms with van der Waals surface area (Å²) in [5, 5.41) is 2.75. The number of halogens is 2. The highest BCUT2D eigenvalue weighted by Gasteiger charge is 2.41. The highest BCUT2D eigenvalue weighted by molar-refractivity contribution is 6.74. The van der Waals surface area contributed by atoms with Crippen LogP contribution in [0.3, 0.4) is 0 Å². The molecule has 1 heterocycles. The number of rotatable bonds is 14. The number of alkyl carbamates (subject to hydrolysis) is 1. The molecule has 0 spiro atoms. The third-order valence-corrected chi connectivity index (χ3v) is 13.7. The number of nitrogens with one attached hydrogen (secondary N) is 1. The Hall–Kier alpha value is -4.10. The molecule has 3 aromatic rings. The van der Waals surface area contributed by atoms with Crippen molar-refractivity contribution in [2.75, 3.05) is 26.3 Å². The zero-order valence-corrected chi connectivity index (χ0v) is 34.4. The number of benzene rings is 2. The predicted molar refractivity (Wildman–Crippen MR) is 205 cm³/mol. The number of ether oxygens (including phenoxy) is 2. The second-order valence-corrected chi connectivity index (χ2v) is 21.9. The normalized spacial score (nSPS) is 13.6. The molecule has 1 N–H and O–H groups in total. The van der Waals surface area contributed by atoms with Crippen LogP contribution >= 0.6 is 0 Å². The number of esters is 1. The third kappa shape index (κ3) is 12.8. The first-order valence-electron chi connectivity index (χ1n) is 18.0. The molecule has 0 radical (unpaired) electrons. The van der Waals surface area contributed by atoms with E-state index < -0.39 is 67.5 Å². The van der Waals surface area contributed by atoms with Gasteiger partial charge in [-0.15, -0.1) is 0 Å². The Balaban J connectivity index is 2.22. The zero-order valence-electron chi connectivity index (χ0n) is 33.4. The van der Waals surface area contributed by atoms with E-state index in [2.05, 4.69) is 39.2 Å². The first kappa shape index (κ1) is 43.3. The van der Waals surface area contributed by atoms with E-state index in [0.29, 0.717) is 12.4 Å². The fourth-order valence-corrected chi connectivity index (χ4v) is 6.59. The largest absolute Gasteiger partial charge is 0.456 e. The number of nitrogens with zero attached hydrogens (tertiary/aromatic N) is 3. The molecule has 53 heavy (non-hydrogen) atoms. The van der Waals surface area contributed by atoms with Crippen molar-refractivity contribution in [2.45, 2.75) is 106 Å². The smallest absolute Gasteiger partial charge is 0.407 e. The summed E-state index contributed by atoms with van der Waals surface area (Å²) in [6, 6.07) is 12.0. The Morgan fingerprint density at radius 3 is 2.17 bits per heavy atom. The molecule has 0 aliphatic rings. The molecule has 292 valence electrons. The van der Waals surface area contributed by atoms with Crippen molar-refractivity contribution < 1.29 is 37.1 Å². The number of imidazole rings is 1. The van der Waals surface area contributed by atoms with Gasteiger partial charge in [0.1, 0.15) is 23.1 Å². The predicted octanol–water partition coefficient (Wildman–Crippen LogP) is 8.52. The summed E-state index contributed by atoms with van der Waals surface area (Å²) in [5.74, 6) is -2.41. The van der Waals surface area contributed by atoms with Gasteiger partial charge in [0, 0.05) is 50.8 Å². The lowest BCUT2D eigenvalue weighted by Gasteiger charge is -2.42. The molecule has 0 bridgehead atoms. The summed E-state index contributed by atoms with van der Waals surface area (Å²) in [6.45, 7) is 23.2. The highest BCUT2D eigenvalue weighted by Crippen LogP contribution is 2.41. The van der Waals surface area contributed by atoms with E-state index >= 15 is 4.39 Å². The molecule has 0 saturated heterocycles. The van der Waals surface area contributed by atoms with Crippen LogP contribution in [-0.2, 0) is 30.0 Å². The quantitative estimate of drug-likeness (QED) is 0.130. The Morgan fingerprint density at radius 2 is 1.60 bits per heavy atom. The van der Waals surface area contributed by atoms with Crippen molar-refractivity contribution >= 4 is 26.3 Å². The second-order valence-electron chi connectivity index (χ2n) is 17.1. The minimum atomic E-state index is -2.29. The number of hydrogen-bond acceptors (Lipinski definition) is 7.